The van der Waals surface area contributed by atoms with Gasteiger partial charge in [0.25, 0.3) is 0 Å². The Labute approximate surface area is 107 Å². The quantitative estimate of drug-likeness (QED) is 0.794. The zero-order chi connectivity index (χ0) is 13.8. The summed E-state index contributed by atoms with van der Waals surface area (Å²) >= 11 is 0. The maximum absolute atomic E-state index is 12.1. The number of nitrogens with zero attached hydrogens (tertiary/aromatic N) is 2. The number of methoxy groups -OCH3 is 1. The van der Waals surface area contributed by atoms with E-state index in [0.29, 0.717) is 39.1 Å². The summed E-state index contributed by atoms with van der Waals surface area (Å²) in [5.41, 5.74) is -0.766. The fourth-order valence-corrected chi connectivity index (χ4v) is 2.22. The molecule has 1 atom stereocenters. The molecule has 1 aliphatic heterocycles. The summed E-state index contributed by atoms with van der Waals surface area (Å²) in [6, 6.07) is -0.122. The van der Waals surface area contributed by atoms with Crippen LogP contribution in [0, 0.1) is 5.41 Å². The van der Waals surface area contributed by atoms with Crippen LogP contribution in [0.25, 0.3) is 0 Å². The van der Waals surface area contributed by atoms with Gasteiger partial charge in [0, 0.05) is 33.8 Å². The van der Waals surface area contributed by atoms with Gasteiger partial charge in [0.05, 0.1) is 12.0 Å². The molecular weight excluding hydrogens is 236 g/mol. The van der Waals surface area contributed by atoms with Gasteiger partial charge in [0.2, 0.25) is 0 Å². The van der Waals surface area contributed by atoms with E-state index >= 15 is 0 Å². The van der Waals surface area contributed by atoms with Crippen molar-refractivity contribution in [3.05, 3.63) is 0 Å². The second-order valence-electron chi connectivity index (χ2n) is 4.81. The average Bonchev–Trinajstić information content (AvgIpc) is 2.80. The number of likely N-dealkylation sites (N-methyl/N-ethyl adjacent to an activating group) is 1. The summed E-state index contributed by atoms with van der Waals surface area (Å²) in [7, 11) is 3.29. The van der Waals surface area contributed by atoms with Crippen LogP contribution < -0.4 is 0 Å². The average molecular weight is 258 g/mol. The molecule has 104 valence electrons. The minimum Gasteiger partial charge on any atom is -0.481 e. The molecule has 1 heterocycles. The highest BCUT2D eigenvalue weighted by Crippen LogP contribution is 2.34. The number of ether oxygens (including phenoxy) is 1. The zero-order valence-corrected chi connectivity index (χ0v) is 11.3. The van der Waals surface area contributed by atoms with E-state index in [4.69, 9.17) is 4.74 Å². The van der Waals surface area contributed by atoms with E-state index in [1.807, 2.05) is 6.92 Å². The molecule has 1 fully saturated rings. The van der Waals surface area contributed by atoms with Crippen molar-refractivity contribution < 1.29 is 19.4 Å². The number of carboxylic acid groups (broad SMARTS) is 1. The van der Waals surface area contributed by atoms with Crippen molar-refractivity contribution in [3.8, 4) is 0 Å². The summed E-state index contributed by atoms with van der Waals surface area (Å²) in [4.78, 5) is 26.6. The molecule has 0 aliphatic carbocycles. The Morgan fingerprint density at radius 3 is 2.61 bits per heavy atom. The van der Waals surface area contributed by atoms with Crippen molar-refractivity contribution in [1.82, 2.24) is 9.80 Å². The molecule has 0 aromatic carbocycles. The smallest absolute Gasteiger partial charge is 0.319 e. The summed E-state index contributed by atoms with van der Waals surface area (Å²) in [5.74, 6) is -0.806. The van der Waals surface area contributed by atoms with Gasteiger partial charge >= 0.3 is 12.0 Å². The normalized spacial score (nSPS) is 23.2. The van der Waals surface area contributed by atoms with Crippen LogP contribution in [0.4, 0.5) is 4.79 Å². The minimum absolute atomic E-state index is 0.122. The van der Waals surface area contributed by atoms with Gasteiger partial charge < -0.3 is 19.6 Å². The van der Waals surface area contributed by atoms with Crippen LogP contribution in [0.5, 0.6) is 0 Å². The number of hydrogen-bond acceptors (Lipinski definition) is 3. The second kappa shape index (κ2) is 6.04. The third-order valence-corrected chi connectivity index (χ3v) is 3.71. The lowest BCUT2D eigenvalue weighted by Gasteiger charge is -2.26. The first-order valence-electron chi connectivity index (χ1n) is 6.19. The van der Waals surface area contributed by atoms with E-state index in [1.54, 1.807) is 24.0 Å². The predicted octanol–water partition coefficient (Wildman–Crippen LogP) is 0.871. The van der Waals surface area contributed by atoms with Crippen LogP contribution in [-0.2, 0) is 9.53 Å². The van der Waals surface area contributed by atoms with Crippen molar-refractivity contribution in [2.75, 3.05) is 40.4 Å². The van der Waals surface area contributed by atoms with E-state index in [9.17, 15) is 14.7 Å². The van der Waals surface area contributed by atoms with Crippen molar-refractivity contribution in [1.29, 1.82) is 0 Å². The zero-order valence-electron chi connectivity index (χ0n) is 11.3. The first-order chi connectivity index (χ1) is 8.46. The fourth-order valence-electron chi connectivity index (χ4n) is 2.22. The Bertz CT molecular complexity index is 321. The van der Waals surface area contributed by atoms with Gasteiger partial charge in [-0.2, -0.15) is 0 Å². The molecule has 6 heteroatoms. The molecular formula is C12H22N2O4. The maximum atomic E-state index is 12.1. The highest BCUT2D eigenvalue weighted by atomic mass is 16.5. The molecule has 1 saturated heterocycles. The highest BCUT2D eigenvalue weighted by Gasteiger charge is 2.45. The molecule has 0 aromatic rings. The number of likely N-dealkylation sites (tertiary alicyclic amines) is 1. The highest BCUT2D eigenvalue weighted by molar-refractivity contribution is 5.79. The molecule has 2 amide bonds. The van der Waals surface area contributed by atoms with E-state index in [2.05, 4.69) is 0 Å². The van der Waals surface area contributed by atoms with Gasteiger partial charge in [-0.15, -0.1) is 0 Å². The molecule has 1 N–H and O–H groups in total. The number of carbonyl (C=O) groups is 2. The lowest BCUT2D eigenvalue weighted by atomic mass is 9.84. The maximum Gasteiger partial charge on any atom is 0.319 e. The number of urea groups is 1. The predicted molar refractivity (Wildman–Crippen MR) is 66.5 cm³/mol. The molecule has 6 nitrogen and oxygen atoms in total. The molecule has 0 bridgehead atoms. The minimum atomic E-state index is -0.806. The third kappa shape index (κ3) is 2.93. The number of hydrogen-bond donors (Lipinski definition) is 1. The standard InChI is InChI=1S/C12H22N2O4/c1-4-12(10(15)16)5-6-14(9-12)11(17)13(2)7-8-18-3/h4-9H2,1-3H3,(H,15,16). The molecule has 1 aliphatic rings. The van der Waals surface area contributed by atoms with Crippen molar-refractivity contribution in [2.24, 2.45) is 5.41 Å². The molecule has 0 radical (unpaired) electrons. The van der Waals surface area contributed by atoms with Crippen LogP contribution in [0.3, 0.4) is 0 Å². The van der Waals surface area contributed by atoms with Crippen molar-refractivity contribution in [2.45, 2.75) is 19.8 Å². The Balaban J connectivity index is 2.60. The number of carboxylic acids is 1. The first-order valence-corrected chi connectivity index (χ1v) is 6.19. The van der Waals surface area contributed by atoms with Gasteiger partial charge in [-0.3, -0.25) is 4.79 Å². The monoisotopic (exact) mass is 258 g/mol. The number of carbonyl (C=O) groups excluding carboxylic acids is 1. The summed E-state index contributed by atoms with van der Waals surface area (Å²) < 4.78 is 4.92. The molecule has 1 rings (SSSR count). The van der Waals surface area contributed by atoms with Crippen LogP contribution in [0.2, 0.25) is 0 Å². The fraction of sp³-hybridized carbons (Fsp3) is 0.833. The lowest BCUT2D eigenvalue weighted by Crippen LogP contribution is -2.43. The summed E-state index contributed by atoms with van der Waals surface area (Å²) in [5, 5.41) is 9.27. The molecule has 0 saturated carbocycles. The molecule has 18 heavy (non-hydrogen) atoms. The SMILES string of the molecule is CCC1(C(=O)O)CCN(C(=O)N(C)CCOC)C1. The van der Waals surface area contributed by atoms with E-state index < -0.39 is 11.4 Å². The first kappa shape index (κ1) is 14.8. The van der Waals surface area contributed by atoms with Crippen LogP contribution in [0.1, 0.15) is 19.8 Å². The Morgan fingerprint density at radius 1 is 1.50 bits per heavy atom. The van der Waals surface area contributed by atoms with Crippen LogP contribution >= 0.6 is 0 Å². The molecule has 0 aromatic heterocycles. The van der Waals surface area contributed by atoms with E-state index in [-0.39, 0.29) is 6.03 Å². The van der Waals surface area contributed by atoms with E-state index in [1.165, 1.54) is 0 Å². The Hall–Kier alpha value is -1.30. The molecule has 0 spiro atoms. The molecule has 1 unspecified atom stereocenters. The van der Waals surface area contributed by atoms with Crippen LogP contribution in [0.15, 0.2) is 0 Å². The summed E-state index contributed by atoms with van der Waals surface area (Å²) in [6.07, 6.45) is 1.08. The lowest BCUT2D eigenvalue weighted by molar-refractivity contribution is -0.148. The van der Waals surface area contributed by atoms with Crippen molar-refractivity contribution in [3.63, 3.8) is 0 Å². The van der Waals surface area contributed by atoms with Gasteiger partial charge in [0.1, 0.15) is 0 Å². The number of rotatable bonds is 5. The topological polar surface area (TPSA) is 70.1 Å². The van der Waals surface area contributed by atoms with Gasteiger partial charge in [-0.05, 0) is 12.8 Å². The number of amides is 2. The third-order valence-electron chi connectivity index (χ3n) is 3.71. The Morgan fingerprint density at radius 2 is 2.17 bits per heavy atom. The number of aliphatic carboxylic acids is 1. The van der Waals surface area contributed by atoms with Gasteiger partial charge in [-0.1, -0.05) is 6.92 Å². The summed E-state index contributed by atoms with van der Waals surface area (Å²) in [6.45, 7) is 3.66. The van der Waals surface area contributed by atoms with Gasteiger partial charge in [0.15, 0.2) is 0 Å². The van der Waals surface area contributed by atoms with Gasteiger partial charge in [-0.25, -0.2) is 4.79 Å². The van der Waals surface area contributed by atoms with Crippen LogP contribution in [-0.4, -0.2) is 67.3 Å². The van der Waals surface area contributed by atoms with Crippen molar-refractivity contribution >= 4 is 12.0 Å². The van der Waals surface area contributed by atoms with E-state index in [0.717, 1.165) is 0 Å². The second-order valence-corrected chi connectivity index (χ2v) is 4.81. The Kier molecular flexibility index (Phi) is 4.95. The largest absolute Gasteiger partial charge is 0.481 e.